The molecule has 2 N–H and O–H groups in total. The number of rotatable bonds is 20. The second-order valence-corrected chi connectivity index (χ2v) is 9.18. The van der Waals surface area contributed by atoms with Crippen molar-refractivity contribution < 1.29 is 57.7 Å². The van der Waals surface area contributed by atoms with Gasteiger partial charge in [0.2, 0.25) is 0 Å². The molecular formula is C25H45N3O12. The number of azide groups is 1. The molecule has 4 unspecified atom stereocenters. The van der Waals surface area contributed by atoms with E-state index in [9.17, 15) is 25.3 Å². The third-order valence-electron chi connectivity index (χ3n) is 6.15. The highest BCUT2D eigenvalue weighted by Crippen LogP contribution is 2.31. The second kappa shape index (κ2) is 19.9. The molecule has 1 heterocycles. The Morgan fingerprint density at radius 2 is 1.80 bits per heavy atom. The van der Waals surface area contributed by atoms with Crippen LogP contribution < -0.4 is 0 Å². The first-order chi connectivity index (χ1) is 19.2. The van der Waals surface area contributed by atoms with Gasteiger partial charge in [-0.2, -0.15) is 0 Å². The summed E-state index contributed by atoms with van der Waals surface area (Å²) in [6.07, 6.45) is -6.48. The van der Waals surface area contributed by atoms with Crippen molar-refractivity contribution in [3.05, 3.63) is 10.4 Å². The van der Waals surface area contributed by atoms with Gasteiger partial charge in [0.25, 0.3) is 0 Å². The Hall–Kier alpha value is -2.07. The summed E-state index contributed by atoms with van der Waals surface area (Å²) < 4.78 is 44.6. The average molecular weight is 580 g/mol. The van der Waals surface area contributed by atoms with Crippen molar-refractivity contribution in [2.45, 2.75) is 109 Å². The van der Waals surface area contributed by atoms with Gasteiger partial charge in [0.1, 0.15) is 31.0 Å². The van der Waals surface area contributed by atoms with Crippen molar-refractivity contribution in [2.24, 2.45) is 5.11 Å². The van der Waals surface area contributed by atoms with Gasteiger partial charge in [-0.1, -0.05) is 31.8 Å². The number of aliphatic hydroxyl groups is 2. The van der Waals surface area contributed by atoms with Crippen LogP contribution in [0.5, 0.6) is 0 Å². The maximum absolute atomic E-state index is 12.6. The minimum absolute atomic E-state index is 0.260. The van der Waals surface area contributed by atoms with Crippen molar-refractivity contribution in [1.82, 2.24) is 0 Å². The minimum atomic E-state index is -1.59. The fraction of sp³-hybridized carbons (Fsp3) is 0.920. The Bertz CT molecular complexity index is 784. The zero-order chi connectivity index (χ0) is 30.1. The van der Waals surface area contributed by atoms with E-state index in [0.717, 1.165) is 26.4 Å². The van der Waals surface area contributed by atoms with Gasteiger partial charge in [0, 0.05) is 32.2 Å². The molecule has 232 valence electrons. The molecule has 15 nitrogen and oxygen atoms in total. The summed E-state index contributed by atoms with van der Waals surface area (Å²) in [5.74, 6) is -1.50. The van der Waals surface area contributed by atoms with Crippen LogP contribution in [-0.2, 0) is 47.5 Å². The van der Waals surface area contributed by atoms with Crippen LogP contribution in [0.2, 0.25) is 0 Å². The SMILES string of the molecule is CCCCOC1[C@H](OC(CO)OC(C(=O)OC)[C@H](O)[C@H](C)OCCCC)C(COC(C)=O)O[C@@H](OC)[C@H]1N=[N+]=[N-]. The number of hydrogen-bond donors (Lipinski definition) is 2. The Balaban J connectivity index is 3.31. The summed E-state index contributed by atoms with van der Waals surface area (Å²) >= 11 is 0. The van der Waals surface area contributed by atoms with Gasteiger partial charge in [-0.15, -0.1) is 0 Å². The molecule has 1 fully saturated rings. The van der Waals surface area contributed by atoms with Gasteiger partial charge in [-0.3, -0.25) is 4.79 Å². The zero-order valence-corrected chi connectivity index (χ0v) is 24.2. The second-order valence-electron chi connectivity index (χ2n) is 9.18. The third kappa shape index (κ3) is 11.4. The number of esters is 2. The fourth-order valence-electron chi connectivity index (χ4n) is 3.93. The number of carbonyl (C=O) groups is 2. The largest absolute Gasteiger partial charge is 0.467 e. The standard InChI is InChI=1S/C25H45N3O12/c1-7-9-11-35-15(3)20(31)23(24(32)33-5)40-18(13-29)39-21-17(14-37-16(4)30)38-25(34-6)19(27-28-26)22(21)36-12-10-8-2/h15,17-23,25,29,31H,7-14H2,1-6H3/t15-,17?,18?,19-,20+,21+,22?,23?,25+/m0/s1. The lowest BCUT2D eigenvalue weighted by Crippen LogP contribution is -2.61. The van der Waals surface area contributed by atoms with Crippen LogP contribution in [0.25, 0.3) is 10.4 Å². The maximum atomic E-state index is 12.6. The van der Waals surface area contributed by atoms with E-state index in [1.807, 2.05) is 13.8 Å². The molecule has 1 rings (SSSR count). The van der Waals surface area contributed by atoms with Gasteiger partial charge < -0.3 is 48.1 Å². The predicted octanol–water partition coefficient (Wildman–Crippen LogP) is 1.61. The average Bonchev–Trinajstić information content (AvgIpc) is 2.94. The van der Waals surface area contributed by atoms with E-state index in [1.165, 1.54) is 14.0 Å². The summed E-state index contributed by atoms with van der Waals surface area (Å²) in [5.41, 5.74) is 9.20. The van der Waals surface area contributed by atoms with Crippen molar-refractivity contribution in [3.63, 3.8) is 0 Å². The Kier molecular flexibility index (Phi) is 17.9. The molecular weight excluding hydrogens is 534 g/mol. The summed E-state index contributed by atoms with van der Waals surface area (Å²) in [6.45, 7) is 6.31. The highest BCUT2D eigenvalue weighted by atomic mass is 16.7. The van der Waals surface area contributed by atoms with Crippen LogP contribution >= 0.6 is 0 Å². The lowest BCUT2D eigenvalue weighted by Gasteiger charge is -2.45. The number of carbonyl (C=O) groups excluding carboxylic acids is 2. The number of ether oxygens (including phenoxy) is 8. The Morgan fingerprint density at radius 1 is 1.12 bits per heavy atom. The fourth-order valence-corrected chi connectivity index (χ4v) is 3.93. The first-order valence-electron chi connectivity index (χ1n) is 13.4. The smallest absolute Gasteiger partial charge is 0.337 e. The molecule has 0 aromatic heterocycles. The molecule has 0 aromatic carbocycles. The monoisotopic (exact) mass is 579 g/mol. The maximum Gasteiger partial charge on any atom is 0.337 e. The van der Waals surface area contributed by atoms with Gasteiger partial charge in [0.05, 0.1) is 25.9 Å². The summed E-state index contributed by atoms with van der Waals surface area (Å²) in [7, 11) is 2.48. The Labute approximate surface area is 234 Å². The van der Waals surface area contributed by atoms with Gasteiger partial charge in [0.15, 0.2) is 18.7 Å². The van der Waals surface area contributed by atoms with Crippen molar-refractivity contribution in [1.29, 1.82) is 0 Å². The zero-order valence-electron chi connectivity index (χ0n) is 24.2. The van der Waals surface area contributed by atoms with Crippen LogP contribution in [0.1, 0.15) is 53.4 Å². The molecule has 1 aliphatic heterocycles. The number of methoxy groups -OCH3 is 2. The van der Waals surface area contributed by atoms with Crippen molar-refractivity contribution >= 4 is 11.9 Å². The lowest BCUT2D eigenvalue weighted by molar-refractivity contribution is -0.313. The topological polar surface area (TPSA) is 197 Å². The molecule has 0 radical (unpaired) electrons. The van der Waals surface area contributed by atoms with Crippen LogP contribution in [0, 0.1) is 0 Å². The number of unbranched alkanes of at least 4 members (excludes halogenated alkanes) is 2. The summed E-state index contributed by atoms with van der Waals surface area (Å²) in [6, 6.07) is -1.03. The molecule has 0 amide bonds. The molecule has 15 heteroatoms. The quantitative estimate of drug-likeness (QED) is 0.0528. The molecule has 0 aliphatic carbocycles. The van der Waals surface area contributed by atoms with Crippen LogP contribution in [-0.4, -0.2) is 118 Å². The van der Waals surface area contributed by atoms with E-state index >= 15 is 0 Å². The molecule has 0 aromatic rings. The van der Waals surface area contributed by atoms with Crippen molar-refractivity contribution in [3.8, 4) is 0 Å². The van der Waals surface area contributed by atoms with Gasteiger partial charge in [-0.05, 0) is 25.3 Å². The van der Waals surface area contributed by atoms with E-state index in [4.69, 9.17) is 37.9 Å². The molecule has 9 atom stereocenters. The third-order valence-corrected chi connectivity index (χ3v) is 6.15. The summed E-state index contributed by atoms with van der Waals surface area (Å²) in [5, 5.41) is 24.8. The van der Waals surface area contributed by atoms with E-state index < -0.39 is 73.8 Å². The lowest BCUT2D eigenvalue weighted by atomic mass is 9.96. The molecule has 40 heavy (non-hydrogen) atoms. The van der Waals surface area contributed by atoms with Crippen LogP contribution in [0.3, 0.4) is 0 Å². The van der Waals surface area contributed by atoms with Crippen molar-refractivity contribution in [2.75, 3.05) is 40.6 Å². The number of hydrogen-bond acceptors (Lipinski definition) is 13. The normalized spacial score (nSPS) is 25.8. The highest BCUT2D eigenvalue weighted by Gasteiger charge is 2.49. The predicted molar refractivity (Wildman–Crippen MR) is 139 cm³/mol. The molecule has 0 bridgehead atoms. The van der Waals surface area contributed by atoms with E-state index in [-0.39, 0.29) is 13.2 Å². The van der Waals surface area contributed by atoms with E-state index in [0.29, 0.717) is 13.0 Å². The van der Waals surface area contributed by atoms with Gasteiger partial charge >= 0.3 is 11.9 Å². The number of aliphatic hydroxyl groups excluding tert-OH is 2. The molecule has 1 saturated heterocycles. The van der Waals surface area contributed by atoms with E-state index in [2.05, 4.69) is 10.0 Å². The molecule has 0 saturated carbocycles. The molecule has 1 aliphatic rings. The first kappa shape index (κ1) is 36.0. The Morgan fingerprint density at radius 3 is 2.35 bits per heavy atom. The summed E-state index contributed by atoms with van der Waals surface area (Å²) in [4.78, 5) is 27.0. The molecule has 0 spiro atoms. The highest BCUT2D eigenvalue weighted by molar-refractivity contribution is 5.75. The van der Waals surface area contributed by atoms with Gasteiger partial charge in [-0.25, -0.2) is 4.79 Å². The first-order valence-corrected chi connectivity index (χ1v) is 13.4. The number of nitrogens with zero attached hydrogens (tertiary/aromatic N) is 3. The van der Waals surface area contributed by atoms with Crippen LogP contribution in [0.4, 0.5) is 0 Å². The van der Waals surface area contributed by atoms with E-state index in [1.54, 1.807) is 6.92 Å². The van der Waals surface area contributed by atoms with Crippen LogP contribution in [0.15, 0.2) is 5.11 Å². The minimum Gasteiger partial charge on any atom is -0.467 e.